The van der Waals surface area contributed by atoms with Gasteiger partial charge in [0.2, 0.25) is 5.89 Å². The average molecular weight is 432 g/mol. The van der Waals surface area contributed by atoms with Gasteiger partial charge in [-0.15, -0.1) is 0 Å². The Morgan fingerprint density at radius 2 is 1.97 bits per heavy atom. The fourth-order valence-corrected chi connectivity index (χ4v) is 2.51. The molecule has 0 radical (unpaired) electrons. The third-order valence-corrected chi connectivity index (χ3v) is 3.81. The number of carboxylic acid groups (broad SMARTS) is 1. The van der Waals surface area contributed by atoms with E-state index in [1.54, 1.807) is 17.0 Å². The first-order valence-electron chi connectivity index (χ1n) is 8.65. The zero-order valence-electron chi connectivity index (χ0n) is 16.2. The normalized spacial score (nSPS) is 13.0. The highest BCUT2D eigenvalue weighted by Crippen LogP contribution is 2.23. The summed E-state index contributed by atoms with van der Waals surface area (Å²) in [5.74, 6) is -1.66. The van der Waals surface area contributed by atoms with Gasteiger partial charge in [-0.25, -0.2) is 19.0 Å². The van der Waals surface area contributed by atoms with Crippen LogP contribution in [0.15, 0.2) is 28.7 Å². The van der Waals surface area contributed by atoms with Gasteiger partial charge in [-0.3, -0.25) is 0 Å². The van der Waals surface area contributed by atoms with E-state index in [0.29, 0.717) is 25.5 Å². The maximum absolute atomic E-state index is 13.1. The number of hydrogen-bond acceptors (Lipinski definition) is 5. The van der Waals surface area contributed by atoms with Gasteiger partial charge >= 0.3 is 18.2 Å². The predicted molar refractivity (Wildman–Crippen MR) is 95.5 cm³/mol. The maximum atomic E-state index is 13.1. The molecule has 2 aromatic rings. The third kappa shape index (κ3) is 6.72. The Labute approximate surface area is 169 Å². The minimum Gasteiger partial charge on any atom is -0.475 e. The quantitative estimate of drug-likeness (QED) is 0.721. The van der Waals surface area contributed by atoms with Crippen LogP contribution in [-0.4, -0.2) is 52.2 Å². The van der Waals surface area contributed by atoms with Gasteiger partial charge < -0.3 is 24.6 Å². The van der Waals surface area contributed by atoms with Crippen molar-refractivity contribution in [2.45, 2.75) is 32.4 Å². The van der Waals surface area contributed by atoms with Gasteiger partial charge in [0, 0.05) is 6.54 Å². The molecule has 3 rings (SSSR count). The predicted octanol–water partition coefficient (Wildman–Crippen LogP) is 2.73. The highest BCUT2D eigenvalue weighted by Gasteiger charge is 2.38. The number of carbonyl (C=O) groups is 2. The second-order valence-corrected chi connectivity index (χ2v) is 6.66. The molecule has 0 saturated carbocycles. The highest BCUT2D eigenvalue weighted by atomic mass is 19.4. The molecule has 1 aliphatic rings. The van der Waals surface area contributed by atoms with Crippen LogP contribution < -0.4 is 5.32 Å². The summed E-state index contributed by atoms with van der Waals surface area (Å²) >= 11 is 0. The fourth-order valence-electron chi connectivity index (χ4n) is 2.51. The minimum absolute atomic E-state index is 0.211. The molecule has 164 valence electrons. The summed E-state index contributed by atoms with van der Waals surface area (Å²) in [6.45, 7) is 1.76. The van der Waals surface area contributed by atoms with Crippen molar-refractivity contribution >= 4 is 12.0 Å². The van der Waals surface area contributed by atoms with Crippen LogP contribution in [0.25, 0.3) is 0 Å². The molecular formula is C18H20F4N4O4. The number of alkyl halides is 3. The Morgan fingerprint density at radius 1 is 1.30 bits per heavy atom. The molecule has 0 saturated heterocycles. The minimum atomic E-state index is -5.08. The summed E-state index contributed by atoms with van der Waals surface area (Å²) in [5, 5.41) is 9.91. The van der Waals surface area contributed by atoms with E-state index in [2.05, 4.69) is 10.3 Å². The second kappa shape index (κ2) is 9.57. The van der Waals surface area contributed by atoms with Crippen LogP contribution in [0, 0.1) is 5.82 Å². The zero-order chi connectivity index (χ0) is 22.5. The van der Waals surface area contributed by atoms with E-state index in [9.17, 15) is 22.4 Å². The summed E-state index contributed by atoms with van der Waals surface area (Å²) in [4.78, 5) is 29.1. The van der Waals surface area contributed by atoms with E-state index in [4.69, 9.17) is 14.3 Å². The van der Waals surface area contributed by atoms with E-state index < -0.39 is 12.1 Å². The van der Waals surface area contributed by atoms with Gasteiger partial charge in [-0.1, -0.05) is 12.1 Å². The van der Waals surface area contributed by atoms with Crippen LogP contribution in [0.4, 0.5) is 22.4 Å². The molecule has 2 heterocycles. The van der Waals surface area contributed by atoms with E-state index in [0.717, 1.165) is 17.0 Å². The lowest BCUT2D eigenvalue weighted by atomic mass is 10.2. The van der Waals surface area contributed by atoms with E-state index >= 15 is 0 Å². The van der Waals surface area contributed by atoms with Crippen LogP contribution in [-0.2, 0) is 31.0 Å². The Bertz CT molecular complexity index is 875. The topological polar surface area (TPSA) is 98.9 Å². The van der Waals surface area contributed by atoms with Crippen molar-refractivity contribution in [2.24, 2.45) is 0 Å². The fraction of sp³-hybridized carbons (Fsp3) is 0.389. The number of hydrogen-bond donors (Lipinski definition) is 2. The number of nitrogens with one attached hydrogen (secondary N) is 1. The first-order valence-corrected chi connectivity index (χ1v) is 8.65. The Balaban J connectivity index is 0.000000396. The van der Waals surface area contributed by atoms with Crippen molar-refractivity contribution in [1.82, 2.24) is 20.1 Å². The van der Waals surface area contributed by atoms with E-state index in [1.165, 1.54) is 12.1 Å². The molecular weight excluding hydrogens is 412 g/mol. The number of urea groups is 1. The molecule has 0 spiro atoms. The highest BCUT2D eigenvalue weighted by molar-refractivity contribution is 5.74. The molecule has 2 amide bonds. The van der Waals surface area contributed by atoms with Gasteiger partial charge in [0.15, 0.2) is 0 Å². The van der Waals surface area contributed by atoms with E-state index in [1.807, 2.05) is 19.0 Å². The largest absolute Gasteiger partial charge is 0.490 e. The van der Waals surface area contributed by atoms with Gasteiger partial charge in [0.1, 0.15) is 17.3 Å². The van der Waals surface area contributed by atoms with Crippen LogP contribution in [0.3, 0.4) is 0 Å². The van der Waals surface area contributed by atoms with Crippen molar-refractivity contribution in [3.63, 3.8) is 0 Å². The van der Waals surface area contributed by atoms with Crippen molar-refractivity contribution in [3.05, 3.63) is 53.0 Å². The van der Waals surface area contributed by atoms with Crippen LogP contribution in [0.5, 0.6) is 0 Å². The molecule has 1 aromatic carbocycles. The SMILES string of the molecule is CN(C)Cc1nc2c(o1)CN(C(=O)NCc1cccc(F)c1)C2.O=C(O)C(F)(F)F. The number of carbonyl (C=O) groups excluding carboxylic acids is 1. The lowest BCUT2D eigenvalue weighted by Crippen LogP contribution is -2.36. The first kappa shape index (κ1) is 23.1. The number of amides is 2. The molecule has 8 nitrogen and oxygen atoms in total. The van der Waals surface area contributed by atoms with Gasteiger partial charge in [0.25, 0.3) is 0 Å². The Kier molecular flexibility index (Phi) is 7.38. The standard InChI is InChI=1S/C16H19FN4O2.C2HF3O2/c1-20(2)10-15-19-13-8-21(9-14(13)23-15)16(22)18-7-11-4-3-5-12(17)6-11;3-2(4,5)1(6)7/h3-6H,7-10H2,1-2H3,(H,18,22);(H,6,7). The smallest absolute Gasteiger partial charge is 0.475 e. The monoisotopic (exact) mass is 432 g/mol. The molecule has 12 heteroatoms. The molecule has 30 heavy (non-hydrogen) atoms. The molecule has 0 fully saturated rings. The summed E-state index contributed by atoms with van der Waals surface area (Å²) in [6, 6.07) is 5.96. The second-order valence-electron chi connectivity index (χ2n) is 6.66. The van der Waals surface area contributed by atoms with Gasteiger partial charge in [0.05, 0.1) is 19.6 Å². The van der Waals surface area contributed by atoms with Crippen LogP contribution >= 0.6 is 0 Å². The summed E-state index contributed by atoms with van der Waals surface area (Å²) in [7, 11) is 3.89. The van der Waals surface area contributed by atoms with Gasteiger partial charge in [-0.2, -0.15) is 13.2 Å². The van der Waals surface area contributed by atoms with Crippen LogP contribution in [0.1, 0.15) is 22.9 Å². The number of rotatable bonds is 4. The van der Waals surface area contributed by atoms with Crippen molar-refractivity contribution in [2.75, 3.05) is 14.1 Å². The Morgan fingerprint density at radius 3 is 2.50 bits per heavy atom. The lowest BCUT2D eigenvalue weighted by molar-refractivity contribution is -0.192. The molecule has 1 aliphatic heterocycles. The number of fused-ring (bicyclic) bond motifs is 1. The number of halogens is 4. The van der Waals surface area contributed by atoms with Crippen molar-refractivity contribution < 1.29 is 36.7 Å². The number of aliphatic carboxylic acids is 1. The molecule has 1 aromatic heterocycles. The van der Waals surface area contributed by atoms with Crippen LogP contribution in [0.2, 0.25) is 0 Å². The number of carboxylic acids is 1. The summed E-state index contributed by atoms with van der Waals surface area (Å²) < 4.78 is 50.5. The lowest BCUT2D eigenvalue weighted by Gasteiger charge is -2.16. The molecule has 0 unspecified atom stereocenters. The van der Waals surface area contributed by atoms with Gasteiger partial charge in [-0.05, 0) is 31.8 Å². The number of aromatic nitrogens is 1. The Hall–Kier alpha value is -3.15. The number of oxazole rings is 1. The summed E-state index contributed by atoms with van der Waals surface area (Å²) in [5.41, 5.74) is 1.53. The van der Waals surface area contributed by atoms with Crippen molar-refractivity contribution in [1.29, 1.82) is 0 Å². The number of benzene rings is 1. The third-order valence-electron chi connectivity index (χ3n) is 3.81. The number of nitrogens with zero attached hydrogens (tertiary/aromatic N) is 3. The zero-order valence-corrected chi connectivity index (χ0v) is 16.2. The molecule has 2 N–H and O–H groups in total. The van der Waals surface area contributed by atoms with E-state index in [-0.39, 0.29) is 18.4 Å². The molecule has 0 atom stereocenters. The molecule has 0 bridgehead atoms. The maximum Gasteiger partial charge on any atom is 0.490 e. The first-order chi connectivity index (χ1) is 14.0. The van der Waals surface area contributed by atoms with Crippen molar-refractivity contribution in [3.8, 4) is 0 Å². The molecule has 0 aliphatic carbocycles. The average Bonchev–Trinajstić information content (AvgIpc) is 3.17. The summed E-state index contributed by atoms with van der Waals surface area (Å²) in [6.07, 6.45) is -5.08.